The molecular weight excluding hydrogens is 396 g/mol. The average Bonchev–Trinajstić information content (AvgIpc) is 3.10. The van der Waals surface area contributed by atoms with E-state index in [0.717, 1.165) is 54.9 Å². The third-order valence-corrected chi connectivity index (χ3v) is 5.31. The summed E-state index contributed by atoms with van der Waals surface area (Å²) in [7, 11) is 3.41. The van der Waals surface area contributed by atoms with E-state index in [-0.39, 0.29) is 5.69 Å². The summed E-state index contributed by atoms with van der Waals surface area (Å²) in [5.41, 5.74) is 2.22. The van der Waals surface area contributed by atoms with Crippen LogP contribution in [0.3, 0.4) is 0 Å². The molecule has 1 aliphatic rings. The monoisotopic (exact) mass is 430 g/mol. The van der Waals surface area contributed by atoms with Crippen molar-refractivity contribution < 1.29 is 9.47 Å². The van der Waals surface area contributed by atoms with Crippen LogP contribution in [0.25, 0.3) is 0 Å². The molecule has 0 amide bonds. The fourth-order valence-electron chi connectivity index (χ4n) is 3.61. The van der Waals surface area contributed by atoms with Gasteiger partial charge in [0.1, 0.15) is 18.2 Å². The highest BCUT2D eigenvalue weighted by atomic mass is 16.5. The van der Waals surface area contributed by atoms with E-state index in [9.17, 15) is 4.79 Å². The Balaban J connectivity index is 1.46. The standard InChI is InChI=1S/C22H34N6O3/c1-17-8-9-18(19(15-17)31-14-13-30-3)16-25-21(23-2)24-10-6-12-28-22(29)27-11-5-4-7-20(27)26-28/h8-9,15H,4-7,10-14,16H2,1-3H3,(H2,23,24,25). The molecular formula is C22H34N6O3. The Morgan fingerprint density at radius 3 is 2.90 bits per heavy atom. The smallest absolute Gasteiger partial charge is 0.345 e. The third-order valence-electron chi connectivity index (χ3n) is 5.31. The minimum absolute atomic E-state index is 0.0116. The largest absolute Gasteiger partial charge is 0.491 e. The van der Waals surface area contributed by atoms with Crippen LogP contribution in [-0.4, -0.2) is 54.2 Å². The fraction of sp³-hybridized carbons (Fsp3) is 0.591. The first-order chi connectivity index (χ1) is 15.1. The van der Waals surface area contributed by atoms with Crippen LogP contribution in [-0.2, 0) is 30.8 Å². The van der Waals surface area contributed by atoms with Crippen LogP contribution in [0.15, 0.2) is 28.0 Å². The van der Waals surface area contributed by atoms with Crippen LogP contribution in [0.4, 0.5) is 0 Å². The number of aromatic nitrogens is 3. The van der Waals surface area contributed by atoms with Gasteiger partial charge in [-0.2, -0.15) is 5.10 Å². The molecule has 0 fully saturated rings. The normalized spacial score (nSPS) is 13.7. The molecule has 0 spiro atoms. The van der Waals surface area contributed by atoms with E-state index in [0.29, 0.717) is 38.8 Å². The number of rotatable bonds is 10. The molecule has 31 heavy (non-hydrogen) atoms. The quantitative estimate of drug-likeness (QED) is 0.337. The van der Waals surface area contributed by atoms with Crippen LogP contribution >= 0.6 is 0 Å². The predicted octanol–water partition coefficient (Wildman–Crippen LogP) is 1.47. The van der Waals surface area contributed by atoms with Gasteiger partial charge in [-0.05, 0) is 37.8 Å². The summed E-state index contributed by atoms with van der Waals surface area (Å²) in [6, 6.07) is 6.16. The summed E-state index contributed by atoms with van der Waals surface area (Å²) in [6.45, 7) is 5.78. The molecule has 1 aromatic carbocycles. The Labute approximate surface area is 183 Å². The van der Waals surface area contributed by atoms with Crippen molar-refractivity contribution in [3.63, 3.8) is 0 Å². The van der Waals surface area contributed by atoms with Crippen molar-refractivity contribution in [1.29, 1.82) is 0 Å². The van der Waals surface area contributed by atoms with Gasteiger partial charge in [0.15, 0.2) is 5.96 Å². The molecule has 9 heteroatoms. The highest BCUT2D eigenvalue weighted by molar-refractivity contribution is 5.79. The molecule has 0 radical (unpaired) electrons. The Morgan fingerprint density at radius 1 is 1.26 bits per heavy atom. The number of nitrogens with one attached hydrogen (secondary N) is 2. The second-order valence-corrected chi connectivity index (χ2v) is 7.69. The summed E-state index contributed by atoms with van der Waals surface area (Å²) in [4.78, 5) is 16.7. The van der Waals surface area contributed by atoms with Crippen LogP contribution in [0.2, 0.25) is 0 Å². The Kier molecular flexibility index (Phi) is 8.52. The van der Waals surface area contributed by atoms with Gasteiger partial charge in [0.2, 0.25) is 0 Å². The van der Waals surface area contributed by atoms with E-state index < -0.39 is 0 Å². The Hall–Kier alpha value is -2.81. The van der Waals surface area contributed by atoms with Crippen molar-refractivity contribution >= 4 is 5.96 Å². The molecule has 0 unspecified atom stereocenters. The maximum Gasteiger partial charge on any atom is 0.345 e. The zero-order chi connectivity index (χ0) is 22.1. The second-order valence-electron chi connectivity index (χ2n) is 7.69. The van der Waals surface area contributed by atoms with Gasteiger partial charge >= 0.3 is 5.69 Å². The summed E-state index contributed by atoms with van der Waals surface area (Å²) in [5, 5.41) is 11.1. The van der Waals surface area contributed by atoms with Gasteiger partial charge in [0.05, 0.1) is 6.61 Å². The first-order valence-corrected chi connectivity index (χ1v) is 10.9. The SMILES string of the molecule is CN=C(NCCCn1nc2n(c1=O)CCCC2)NCc1ccc(C)cc1OCCOC. The number of nitrogens with zero attached hydrogens (tertiary/aromatic N) is 4. The number of ether oxygens (including phenoxy) is 2. The first-order valence-electron chi connectivity index (χ1n) is 10.9. The van der Waals surface area contributed by atoms with Crippen molar-refractivity contribution in [3.05, 3.63) is 45.6 Å². The van der Waals surface area contributed by atoms with Crippen LogP contribution in [0.1, 0.15) is 36.2 Å². The van der Waals surface area contributed by atoms with Crippen molar-refractivity contribution in [3.8, 4) is 5.75 Å². The number of guanidine groups is 1. The molecule has 9 nitrogen and oxygen atoms in total. The highest BCUT2D eigenvalue weighted by Gasteiger charge is 2.16. The fourth-order valence-corrected chi connectivity index (χ4v) is 3.61. The number of aliphatic imine (C=N–C) groups is 1. The molecule has 2 heterocycles. The van der Waals surface area contributed by atoms with E-state index in [2.05, 4.69) is 32.9 Å². The van der Waals surface area contributed by atoms with Crippen LogP contribution < -0.4 is 21.1 Å². The minimum atomic E-state index is 0.0116. The molecule has 0 aliphatic carbocycles. The summed E-state index contributed by atoms with van der Waals surface area (Å²) < 4.78 is 14.3. The molecule has 0 saturated heterocycles. The van der Waals surface area contributed by atoms with Crippen molar-refractivity contribution in [2.45, 2.75) is 52.2 Å². The topological polar surface area (TPSA) is 94.7 Å². The van der Waals surface area contributed by atoms with E-state index in [1.54, 1.807) is 18.8 Å². The maximum absolute atomic E-state index is 12.4. The van der Waals surface area contributed by atoms with Crippen molar-refractivity contribution in [2.75, 3.05) is 33.9 Å². The van der Waals surface area contributed by atoms with Gasteiger partial charge < -0.3 is 20.1 Å². The Bertz CT molecular complexity index is 934. The molecule has 3 rings (SSSR count). The number of benzene rings is 1. The van der Waals surface area contributed by atoms with E-state index in [1.807, 2.05) is 17.6 Å². The summed E-state index contributed by atoms with van der Waals surface area (Å²) in [5.74, 6) is 2.48. The summed E-state index contributed by atoms with van der Waals surface area (Å²) >= 11 is 0. The Morgan fingerprint density at radius 2 is 2.13 bits per heavy atom. The number of aryl methyl sites for hydroxylation is 3. The molecule has 2 aromatic rings. The zero-order valence-electron chi connectivity index (χ0n) is 18.8. The highest BCUT2D eigenvalue weighted by Crippen LogP contribution is 2.20. The molecule has 1 aromatic heterocycles. The number of hydrogen-bond acceptors (Lipinski definition) is 5. The lowest BCUT2D eigenvalue weighted by molar-refractivity contribution is 0.145. The maximum atomic E-state index is 12.4. The molecule has 0 atom stereocenters. The number of hydrogen-bond donors (Lipinski definition) is 2. The van der Waals surface area contributed by atoms with Gasteiger partial charge in [-0.25, -0.2) is 9.48 Å². The van der Waals surface area contributed by atoms with Crippen molar-refractivity contribution in [1.82, 2.24) is 25.0 Å². The van der Waals surface area contributed by atoms with Gasteiger partial charge in [-0.3, -0.25) is 9.56 Å². The van der Waals surface area contributed by atoms with E-state index in [4.69, 9.17) is 9.47 Å². The molecule has 0 bridgehead atoms. The average molecular weight is 431 g/mol. The molecule has 170 valence electrons. The van der Waals surface area contributed by atoms with E-state index in [1.165, 1.54) is 0 Å². The zero-order valence-corrected chi connectivity index (χ0v) is 18.8. The van der Waals surface area contributed by atoms with Gasteiger partial charge in [0.25, 0.3) is 0 Å². The lowest BCUT2D eigenvalue weighted by Gasteiger charge is -2.15. The van der Waals surface area contributed by atoms with Crippen LogP contribution in [0, 0.1) is 6.92 Å². The first kappa shape index (κ1) is 22.9. The van der Waals surface area contributed by atoms with Crippen LogP contribution in [0.5, 0.6) is 5.75 Å². The van der Waals surface area contributed by atoms with Crippen molar-refractivity contribution in [2.24, 2.45) is 4.99 Å². The summed E-state index contributed by atoms with van der Waals surface area (Å²) in [6.07, 6.45) is 3.85. The van der Waals surface area contributed by atoms with Gasteiger partial charge in [-0.1, -0.05) is 12.1 Å². The van der Waals surface area contributed by atoms with Gasteiger partial charge in [0, 0.05) is 52.3 Å². The molecule has 1 aliphatic heterocycles. The number of fused-ring (bicyclic) bond motifs is 1. The second kappa shape index (κ2) is 11.5. The molecule has 2 N–H and O–H groups in total. The predicted molar refractivity (Wildman–Crippen MR) is 121 cm³/mol. The lowest BCUT2D eigenvalue weighted by atomic mass is 10.1. The lowest BCUT2D eigenvalue weighted by Crippen LogP contribution is -2.38. The van der Waals surface area contributed by atoms with Gasteiger partial charge in [-0.15, -0.1) is 0 Å². The van der Waals surface area contributed by atoms with E-state index >= 15 is 0 Å². The minimum Gasteiger partial charge on any atom is -0.491 e. The molecule has 0 saturated carbocycles. The number of methoxy groups -OCH3 is 1. The third kappa shape index (κ3) is 6.33.